The Kier molecular flexibility index (Phi) is 2.03. The first-order valence-corrected chi connectivity index (χ1v) is 3.62. The second-order valence-corrected chi connectivity index (χ2v) is 2.48. The SMILES string of the molecule is CCc1c(C(=O)O)nc(N)n1C. The normalized spacial score (nSPS) is 10.2. The van der Waals surface area contributed by atoms with Crippen LogP contribution in [-0.2, 0) is 13.5 Å². The van der Waals surface area contributed by atoms with Crippen LogP contribution in [0.15, 0.2) is 0 Å². The van der Waals surface area contributed by atoms with Crippen LogP contribution in [0, 0.1) is 0 Å². The molecule has 0 radical (unpaired) electrons. The van der Waals surface area contributed by atoms with Crippen molar-refractivity contribution in [1.82, 2.24) is 9.55 Å². The molecule has 1 heterocycles. The third kappa shape index (κ3) is 1.13. The molecule has 0 aromatic carbocycles. The minimum absolute atomic E-state index is 0.0532. The molecule has 0 atom stereocenters. The van der Waals surface area contributed by atoms with Gasteiger partial charge in [0.2, 0.25) is 5.95 Å². The third-order valence-electron chi connectivity index (χ3n) is 1.79. The Balaban J connectivity index is 3.29. The number of nitrogen functional groups attached to an aromatic ring is 1. The number of hydrogen-bond acceptors (Lipinski definition) is 3. The van der Waals surface area contributed by atoms with Crippen LogP contribution in [0.4, 0.5) is 5.95 Å². The van der Waals surface area contributed by atoms with Crippen LogP contribution < -0.4 is 5.73 Å². The maximum atomic E-state index is 10.6. The van der Waals surface area contributed by atoms with Crippen molar-refractivity contribution in [3.05, 3.63) is 11.4 Å². The number of aromatic nitrogens is 2. The number of nitrogens with two attached hydrogens (primary N) is 1. The molecule has 0 bridgehead atoms. The number of nitrogens with zero attached hydrogens (tertiary/aromatic N) is 2. The van der Waals surface area contributed by atoms with Crippen molar-refractivity contribution >= 4 is 11.9 Å². The molecule has 3 N–H and O–H groups in total. The van der Waals surface area contributed by atoms with Gasteiger partial charge in [-0.2, -0.15) is 0 Å². The van der Waals surface area contributed by atoms with Gasteiger partial charge in [-0.15, -0.1) is 0 Å². The predicted octanol–water partition coefficient (Wildman–Crippen LogP) is 0.263. The monoisotopic (exact) mass is 169 g/mol. The predicted molar refractivity (Wildman–Crippen MR) is 44.0 cm³/mol. The zero-order chi connectivity index (χ0) is 9.30. The standard InChI is InChI=1S/C7H11N3O2/c1-3-4-5(6(11)12)9-7(8)10(4)2/h3H2,1-2H3,(H2,8,9)(H,11,12). The van der Waals surface area contributed by atoms with Crippen molar-refractivity contribution in [2.75, 3.05) is 5.73 Å². The average Bonchev–Trinajstić information content (AvgIpc) is 2.29. The maximum absolute atomic E-state index is 10.6. The fourth-order valence-electron chi connectivity index (χ4n) is 1.13. The first-order chi connectivity index (χ1) is 5.57. The number of imidazole rings is 1. The number of carboxylic acids is 1. The first-order valence-electron chi connectivity index (χ1n) is 3.62. The largest absolute Gasteiger partial charge is 0.476 e. The molecule has 0 spiro atoms. The lowest BCUT2D eigenvalue weighted by Gasteiger charge is -1.99. The van der Waals surface area contributed by atoms with Crippen LogP contribution in [0.25, 0.3) is 0 Å². The van der Waals surface area contributed by atoms with E-state index >= 15 is 0 Å². The van der Waals surface area contributed by atoms with Gasteiger partial charge in [0.05, 0.1) is 5.69 Å². The van der Waals surface area contributed by atoms with Gasteiger partial charge >= 0.3 is 5.97 Å². The van der Waals surface area contributed by atoms with E-state index in [1.165, 1.54) is 0 Å². The zero-order valence-electron chi connectivity index (χ0n) is 7.03. The number of aromatic carboxylic acids is 1. The molecule has 0 unspecified atom stereocenters. The lowest BCUT2D eigenvalue weighted by molar-refractivity contribution is 0.0689. The second kappa shape index (κ2) is 2.84. The van der Waals surface area contributed by atoms with Crippen LogP contribution >= 0.6 is 0 Å². The summed E-state index contributed by atoms with van der Waals surface area (Å²) in [4.78, 5) is 14.3. The van der Waals surface area contributed by atoms with Crippen molar-refractivity contribution < 1.29 is 9.90 Å². The minimum Gasteiger partial charge on any atom is -0.476 e. The summed E-state index contributed by atoms with van der Waals surface area (Å²) >= 11 is 0. The topological polar surface area (TPSA) is 81.1 Å². The van der Waals surface area contributed by atoms with Crippen LogP contribution in [0.3, 0.4) is 0 Å². The first kappa shape index (κ1) is 8.58. The highest BCUT2D eigenvalue weighted by molar-refractivity contribution is 5.87. The Morgan fingerprint density at radius 2 is 2.33 bits per heavy atom. The number of rotatable bonds is 2. The van der Waals surface area contributed by atoms with Gasteiger partial charge in [-0.05, 0) is 6.42 Å². The van der Waals surface area contributed by atoms with E-state index in [-0.39, 0.29) is 11.6 Å². The summed E-state index contributed by atoms with van der Waals surface area (Å²) in [6.45, 7) is 1.86. The molecule has 0 fully saturated rings. The van der Waals surface area contributed by atoms with Gasteiger partial charge < -0.3 is 15.4 Å². The quantitative estimate of drug-likeness (QED) is 0.665. The Labute approximate surface area is 69.8 Å². The molecular weight excluding hydrogens is 158 g/mol. The average molecular weight is 169 g/mol. The molecule has 1 rings (SSSR count). The van der Waals surface area contributed by atoms with E-state index in [2.05, 4.69) is 4.98 Å². The summed E-state index contributed by atoms with van der Waals surface area (Å²) < 4.78 is 1.59. The van der Waals surface area contributed by atoms with Crippen molar-refractivity contribution in [3.8, 4) is 0 Å². The molecule has 5 heteroatoms. The molecule has 0 aliphatic carbocycles. The van der Waals surface area contributed by atoms with Crippen LogP contribution in [-0.4, -0.2) is 20.6 Å². The highest BCUT2D eigenvalue weighted by atomic mass is 16.4. The molecule has 0 saturated carbocycles. The van der Waals surface area contributed by atoms with Crippen LogP contribution in [0.2, 0.25) is 0 Å². The number of anilines is 1. The highest BCUT2D eigenvalue weighted by Gasteiger charge is 2.16. The Morgan fingerprint density at radius 3 is 2.67 bits per heavy atom. The summed E-state index contributed by atoms with van der Waals surface area (Å²) in [6, 6.07) is 0. The lowest BCUT2D eigenvalue weighted by atomic mass is 10.2. The molecule has 1 aromatic heterocycles. The van der Waals surface area contributed by atoms with E-state index in [1.807, 2.05) is 6.92 Å². The summed E-state index contributed by atoms with van der Waals surface area (Å²) in [6.07, 6.45) is 0.613. The van der Waals surface area contributed by atoms with Crippen molar-refractivity contribution in [1.29, 1.82) is 0 Å². The van der Waals surface area contributed by atoms with E-state index < -0.39 is 5.97 Å². The van der Waals surface area contributed by atoms with Gasteiger partial charge in [-0.1, -0.05) is 6.92 Å². The van der Waals surface area contributed by atoms with Crippen LogP contribution in [0.1, 0.15) is 23.1 Å². The lowest BCUT2D eigenvalue weighted by Crippen LogP contribution is -2.04. The summed E-state index contributed by atoms with van der Waals surface area (Å²) in [5.41, 5.74) is 6.15. The van der Waals surface area contributed by atoms with Gasteiger partial charge in [0, 0.05) is 7.05 Å². The van der Waals surface area contributed by atoms with E-state index in [9.17, 15) is 4.79 Å². The van der Waals surface area contributed by atoms with E-state index in [1.54, 1.807) is 11.6 Å². The number of carboxylic acid groups (broad SMARTS) is 1. The molecular formula is C7H11N3O2. The molecule has 0 aliphatic heterocycles. The summed E-state index contributed by atoms with van der Waals surface area (Å²) in [7, 11) is 1.70. The maximum Gasteiger partial charge on any atom is 0.356 e. The van der Waals surface area contributed by atoms with E-state index in [4.69, 9.17) is 10.8 Å². The highest BCUT2D eigenvalue weighted by Crippen LogP contribution is 2.12. The smallest absolute Gasteiger partial charge is 0.356 e. The van der Waals surface area contributed by atoms with Gasteiger partial charge in [-0.25, -0.2) is 9.78 Å². The van der Waals surface area contributed by atoms with Gasteiger partial charge in [-0.3, -0.25) is 0 Å². The Bertz CT molecular complexity index is 317. The molecule has 1 aromatic rings. The molecule has 66 valence electrons. The molecule has 0 amide bonds. The summed E-state index contributed by atoms with van der Waals surface area (Å²) in [5.74, 6) is -0.789. The van der Waals surface area contributed by atoms with Crippen LogP contribution in [0.5, 0.6) is 0 Å². The fraction of sp³-hybridized carbons (Fsp3) is 0.429. The zero-order valence-corrected chi connectivity index (χ0v) is 7.03. The number of hydrogen-bond donors (Lipinski definition) is 2. The van der Waals surface area contributed by atoms with Crippen molar-refractivity contribution in [2.45, 2.75) is 13.3 Å². The second-order valence-electron chi connectivity index (χ2n) is 2.48. The molecule has 0 saturated heterocycles. The fourth-order valence-corrected chi connectivity index (χ4v) is 1.13. The molecule has 5 nitrogen and oxygen atoms in total. The van der Waals surface area contributed by atoms with Crippen molar-refractivity contribution in [3.63, 3.8) is 0 Å². The molecule has 12 heavy (non-hydrogen) atoms. The van der Waals surface area contributed by atoms with Gasteiger partial charge in [0.1, 0.15) is 0 Å². The number of carbonyl (C=O) groups is 1. The van der Waals surface area contributed by atoms with Crippen molar-refractivity contribution in [2.24, 2.45) is 7.05 Å². The van der Waals surface area contributed by atoms with E-state index in [0.29, 0.717) is 12.1 Å². The Morgan fingerprint density at radius 1 is 1.75 bits per heavy atom. The Hall–Kier alpha value is -1.52. The van der Waals surface area contributed by atoms with Gasteiger partial charge in [0.25, 0.3) is 0 Å². The minimum atomic E-state index is -1.03. The van der Waals surface area contributed by atoms with Gasteiger partial charge in [0.15, 0.2) is 5.69 Å². The third-order valence-corrected chi connectivity index (χ3v) is 1.79. The van der Waals surface area contributed by atoms with E-state index in [0.717, 1.165) is 0 Å². The molecule has 0 aliphatic rings. The summed E-state index contributed by atoms with van der Waals surface area (Å²) in [5, 5.41) is 8.70.